The van der Waals surface area contributed by atoms with Crippen molar-refractivity contribution in [2.24, 2.45) is 5.41 Å². The molecule has 4 N–H and O–H groups in total. The second-order valence-electron chi connectivity index (χ2n) is 8.94. The van der Waals surface area contributed by atoms with Crippen molar-refractivity contribution >= 4 is 11.7 Å². The second-order valence-corrected chi connectivity index (χ2v) is 8.94. The van der Waals surface area contributed by atoms with Crippen LogP contribution >= 0.6 is 0 Å². The van der Waals surface area contributed by atoms with Gasteiger partial charge in [0.1, 0.15) is 35.9 Å². The van der Waals surface area contributed by atoms with Gasteiger partial charge in [-0.2, -0.15) is 0 Å². The summed E-state index contributed by atoms with van der Waals surface area (Å²) in [6.07, 6.45) is -3.31. The number of methoxy groups -OCH3 is 1. The number of aliphatic hydroxyl groups is 3. The average Bonchev–Trinajstić information content (AvgIpc) is 2.77. The van der Waals surface area contributed by atoms with E-state index in [4.69, 9.17) is 14.2 Å². The van der Waals surface area contributed by atoms with Crippen LogP contribution < -0.4 is 10.1 Å². The zero-order valence-electron chi connectivity index (χ0n) is 19.1. The Labute approximate surface area is 188 Å². The average molecular weight is 454 g/mol. The molecule has 1 fully saturated rings. The number of ether oxygens (including phenoxy) is 3. The molecule has 0 saturated carbocycles. The SMILES string of the molecule is COc1ccc(C(=O)NC2[C@H](OCCCCC(=O)C(C)(C)C)OC(CO)[C@@H](O)[C@@H]2O)cc1. The van der Waals surface area contributed by atoms with E-state index >= 15 is 0 Å². The van der Waals surface area contributed by atoms with Crippen molar-refractivity contribution in [2.75, 3.05) is 20.3 Å². The van der Waals surface area contributed by atoms with Gasteiger partial charge >= 0.3 is 0 Å². The lowest BCUT2D eigenvalue weighted by atomic mass is 9.88. The van der Waals surface area contributed by atoms with Crippen LogP contribution in [0.3, 0.4) is 0 Å². The van der Waals surface area contributed by atoms with Crippen LogP contribution in [0.4, 0.5) is 0 Å². The molecule has 1 saturated heterocycles. The first-order valence-corrected chi connectivity index (χ1v) is 10.8. The lowest BCUT2D eigenvalue weighted by Gasteiger charge is -2.42. The monoisotopic (exact) mass is 453 g/mol. The molecule has 1 aliphatic rings. The molecular weight excluding hydrogens is 418 g/mol. The largest absolute Gasteiger partial charge is 0.497 e. The summed E-state index contributed by atoms with van der Waals surface area (Å²) < 4.78 is 16.4. The van der Waals surface area contributed by atoms with Crippen molar-refractivity contribution in [3.05, 3.63) is 29.8 Å². The van der Waals surface area contributed by atoms with E-state index in [1.54, 1.807) is 24.3 Å². The van der Waals surface area contributed by atoms with Crippen molar-refractivity contribution in [2.45, 2.75) is 70.7 Å². The van der Waals surface area contributed by atoms with E-state index in [1.165, 1.54) is 7.11 Å². The molecule has 0 aromatic heterocycles. The quantitative estimate of drug-likeness (QED) is 0.386. The summed E-state index contributed by atoms with van der Waals surface area (Å²) in [6.45, 7) is 5.33. The molecule has 1 amide bonds. The van der Waals surface area contributed by atoms with Crippen molar-refractivity contribution in [3.63, 3.8) is 0 Å². The molecule has 0 aliphatic carbocycles. The van der Waals surface area contributed by atoms with Gasteiger partial charge in [-0.3, -0.25) is 9.59 Å². The number of amides is 1. The van der Waals surface area contributed by atoms with Crippen LogP contribution in [0.1, 0.15) is 50.4 Å². The molecule has 180 valence electrons. The number of carbonyl (C=O) groups is 2. The number of Topliss-reactive ketones (excluding diaryl/α,β-unsaturated/α-hetero) is 1. The third kappa shape index (κ3) is 6.98. The van der Waals surface area contributed by atoms with Gasteiger partial charge < -0.3 is 34.8 Å². The zero-order chi connectivity index (χ0) is 23.9. The number of carbonyl (C=O) groups excluding carboxylic acids is 2. The van der Waals surface area contributed by atoms with Gasteiger partial charge in [-0.15, -0.1) is 0 Å². The van der Waals surface area contributed by atoms with Crippen LogP contribution in [0.25, 0.3) is 0 Å². The molecule has 1 aromatic rings. The van der Waals surface area contributed by atoms with E-state index in [-0.39, 0.29) is 12.4 Å². The van der Waals surface area contributed by atoms with Crippen LogP contribution in [0, 0.1) is 5.41 Å². The van der Waals surface area contributed by atoms with Crippen LogP contribution in [0.15, 0.2) is 24.3 Å². The molecule has 1 heterocycles. The summed E-state index contributed by atoms with van der Waals surface area (Å²) in [5.74, 6) is 0.268. The number of aliphatic hydroxyl groups excluding tert-OH is 3. The Kier molecular flexibility index (Phi) is 9.60. The third-order valence-electron chi connectivity index (χ3n) is 5.45. The molecule has 9 heteroatoms. The van der Waals surface area contributed by atoms with Crippen molar-refractivity contribution in [3.8, 4) is 5.75 Å². The smallest absolute Gasteiger partial charge is 0.251 e. The Bertz CT molecular complexity index is 745. The zero-order valence-corrected chi connectivity index (χ0v) is 19.1. The van der Waals surface area contributed by atoms with Crippen molar-refractivity contribution < 1.29 is 39.1 Å². The first-order valence-electron chi connectivity index (χ1n) is 10.8. The number of hydrogen-bond donors (Lipinski definition) is 4. The van der Waals surface area contributed by atoms with Crippen LogP contribution in [-0.4, -0.2) is 78.0 Å². The first kappa shape index (κ1) is 26.2. The fourth-order valence-corrected chi connectivity index (χ4v) is 3.32. The predicted molar refractivity (Wildman–Crippen MR) is 116 cm³/mol. The normalized spacial score (nSPS) is 25.9. The highest BCUT2D eigenvalue weighted by Crippen LogP contribution is 2.24. The van der Waals surface area contributed by atoms with E-state index < -0.39 is 48.6 Å². The lowest BCUT2D eigenvalue weighted by Crippen LogP contribution is -2.64. The molecule has 0 bridgehead atoms. The summed E-state index contributed by atoms with van der Waals surface area (Å²) in [7, 11) is 1.52. The van der Waals surface area contributed by atoms with Gasteiger partial charge in [0.05, 0.1) is 13.7 Å². The van der Waals surface area contributed by atoms with Crippen LogP contribution in [-0.2, 0) is 14.3 Å². The summed E-state index contributed by atoms with van der Waals surface area (Å²) >= 11 is 0. The van der Waals surface area contributed by atoms with Crippen molar-refractivity contribution in [1.82, 2.24) is 5.32 Å². The minimum Gasteiger partial charge on any atom is -0.497 e. The number of hydrogen-bond acceptors (Lipinski definition) is 8. The molecule has 2 unspecified atom stereocenters. The maximum atomic E-state index is 12.7. The van der Waals surface area contributed by atoms with Gasteiger partial charge in [0.15, 0.2) is 6.29 Å². The minimum absolute atomic E-state index is 0.162. The van der Waals surface area contributed by atoms with Crippen LogP contribution in [0.5, 0.6) is 5.75 Å². The summed E-state index contributed by atoms with van der Waals surface area (Å²) in [5, 5.41) is 32.9. The van der Waals surface area contributed by atoms with E-state index in [1.807, 2.05) is 20.8 Å². The third-order valence-corrected chi connectivity index (χ3v) is 5.45. The van der Waals surface area contributed by atoms with Gasteiger partial charge in [0.2, 0.25) is 0 Å². The van der Waals surface area contributed by atoms with E-state index in [0.29, 0.717) is 30.6 Å². The molecule has 0 spiro atoms. The Morgan fingerprint density at radius 3 is 2.31 bits per heavy atom. The fraction of sp³-hybridized carbons (Fsp3) is 0.652. The number of rotatable bonds is 10. The highest BCUT2D eigenvalue weighted by molar-refractivity contribution is 5.94. The Balaban J connectivity index is 1.99. The molecule has 1 aromatic carbocycles. The van der Waals surface area contributed by atoms with Gasteiger partial charge in [0, 0.05) is 24.0 Å². The molecule has 5 atom stereocenters. The number of ketones is 1. The van der Waals surface area contributed by atoms with Crippen molar-refractivity contribution in [1.29, 1.82) is 0 Å². The predicted octanol–water partition coefficient (Wildman–Crippen LogP) is 1.03. The molecule has 32 heavy (non-hydrogen) atoms. The fourth-order valence-electron chi connectivity index (χ4n) is 3.32. The number of unbranched alkanes of at least 4 members (excludes halogenated alkanes) is 1. The minimum atomic E-state index is -1.41. The van der Waals surface area contributed by atoms with Gasteiger partial charge in [-0.05, 0) is 37.1 Å². The van der Waals surface area contributed by atoms with E-state index in [9.17, 15) is 24.9 Å². The Hall–Kier alpha value is -2.04. The summed E-state index contributed by atoms with van der Waals surface area (Å²) in [6, 6.07) is 5.34. The van der Waals surface area contributed by atoms with E-state index in [2.05, 4.69) is 5.32 Å². The highest BCUT2D eigenvalue weighted by atomic mass is 16.7. The molecule has 0 radical (unpaired) electrons. The maximum absolute atomic E-state index is 12.7. The standard InChI is InChI=1S/C23H35NO8/c1-23(2,3)17(26)7-5-6-12-31-22-18(20(28)19(27)16(13-25)32-22)24-21(29)14-8-10-15(30-4)11-9-14/h8-11,16,18-20,22,25,27-28H,5-7,12-13H2,1-4H3,(H,24,29)/t16?,18?,19-,20-,22-/m1/s1. The number of benzene rings is 1. The number of nitrogens with one attached hydrogen (secondary N) is 1. The Morgan fingerprint density at radius 2 is 1.75 bits per heavy atom. The van der Waals surface area contributed by atoms with E-state index in [0.717, 1.165) is 0 Å². The maximum Gasteiger partial charge on any atom is 0.251 e. The summed E-state index contributed by atoms with van der Waals surface area (Å²) in [5.41, 5.74) is -0.0603. The lowest BCUT2D eigenvalue weighted by molar-refractivity contribution is -0.269. The molecule has 2 rings (SSSR count). The Morgan fingerprint density at radius 1 is 1.09 bits per heavy atom. The summed E-state index contributed by atoms with van der Waals surface area (Å²) in [4.78, 5) is 24.7. The molecule has 1 aliphatic heterocycles. The topological polar surface area (TPSA) is 135 Å². The molecular formula is C23H35NO8. The second kappa shape index (κ2) is 11.7. The van der Waals surface area contributed by atoms with Gasteiger partial charge in [0.25, 0.3) is 5.91 Å². The first-order chi connectivity index (χ1) is 15.1. The highest BCUT2D eigenvalue weighted by Gasteiger charge is 2.45. The van der Waals surface area contributed by atoms with Crippen LogP contribution in [0.2, 0.25) is 0 Å². The van der Waals surface area contributed by atoms with Gasteiger partial charge in [-0.1, -0.05) is 20.8 Å². The van der Waals surface area contributed by atoms with Gasteiger partial charge in [-0.25, -0.2) is 0 Å². The molecule has 9 nitrogen and oxygen atoms in total.